The highest BCUT2D eigenvalue weighted by Gasteiger charge is 2.40. The van der Waals surface area contributed by atoms with Crippen LogP contribution in [0.25, 0.3) is 0 Å². The molecule has 1 heterocycles. The lowest BCUT2D eigenvalue weighted by atomic mass is 10.2. The van der Waals surface area contributed by atoms with Crippen LogP contribution in [0, 0.1) is 0 Å². The Balaban J connectivity index is 1.44. The molecule has 148 valence electrons. The standard InChI is InChI=1S/C20H22N2O5S/c1-21(20(24)27-15-16-9-3-2-4-10-16)13-7-8-14-22-19(23)17-11-5-6-12-18(17)28(22,25)26/h2-6,9-12H,7-8,13-15H2,1H3. The van der Waals surface area contributed by atoms with E-state index in [1.165, 1.54) is 17.0 Å². The van der Waals surface area contributed by atoms with Crippen LogP contribution < -0.4 is 0 Å². The van der Waals surface area contributed by atoms with Gasteiger partial charge in [0.25, 0.3) is 15.9 Å². The fourth-order valence-electron chi connectivity index (χ4n) is 2.98. The number of rotatable bonds is 7. The minimum absolute atomic E-state index is 0.0570. The van der Waals surface area contributed by atoms with Gasteiger partial charge in [0, 0.05) is 20.1 Å². The number of carbonyl (C=O) groups excluding carboxylic acids is 2. The molecule has 2 aromatic rings. The summed E-state index contributed by atoms with van der Waals surface area (Å²) in [7, 11) is -2.15. The third-order valence-electron chi connectivity index (χ3n) is 4.53. The lowest BCUT2D eigenvalue weighted by Gasteiger charge is -2.18. The highest BCUT2D eigenvalue weighted by atomic mass is 32.2. The first kappa shape index (κ1) is 19.9. The second-order valence-corrected chi connectivity index (χ2v) is 8.38. The van der Waals surface area contributed by atoms with Gasteiger partial charge < -0.3 is 9.64 Å². The summed E-state index contributed by atoms with van der Waals surface area (Å²) in [6, 6.07) is 15.6. The van der Waals surface area contributed by atoms with Crippen LogP contribution in [0.4, 0.5) is 4.79 Å². The lowest BCUT2D eigenvalue weighted by Crippen LogP contribution is -2.32. The molecule has 0 aromatic heterocycles. The van der Waals surface area contributed by atoms with Gasteiger partial charge in [0.1, 0.15) is 11.5 Å². The van der Waals surface area contributed by atoms with Crippen molar-refractivity contribution in [2.45, 2.75) is 24.3 Å². The smallest absolute Gasteiger partial charge is 0.409 e. The summed E-state index contributed by atoms with van der Waals surface area (Å²) >= 11 is 0. The van der Waals surface area contributed by atoms with E-state index in [2.05, 4.69) is 0 Å². The second kappa shape index (κ2) is 8.43. The van der Waals surface area contributed by atoms with E-state index in [4.69, 9.17) is 4.74 Å². The maximum atomic E-state index is 12.5. The summed E-state index contributed by atoms with van der Waals surface area (Å²) < 4.78 is 31.1. The van der Waals surface area contributed by atoms with Gasteiger partial charge in [0.15, 0.2) is 0 Å². The Morgan fingerprint density at radius 2 is 1.71 bits per heavy atom. The molecule has 7 nitrogen and oxygen atoms in total. The molecule has 2 amide bonds. The van der Waals surface area contributed by atoms with E-state index < -0.39 is 22.0 Å². The molecule has 0 spiro atoms. The molecule has 0 aliphatic carbocycles. The van der Waals surface area contributed by atoms with E-state index >= 15 is 0 Å². The van der Waals surface area contributed by atoms with Crippen molar-refractivity contribution in [2.75, 3.05) is 20.1 Å². The molecular weight excluding hydrogens is 380 g/mol. The van der Waals surface area contributed by atoms with E-state index in [1.54, 1.807) is 19.2 Å². The van der Waals surface area contributed by atoms with Gasteiger partial charge >= 0.3 is 6.09 Å². The number of hydrogen-bond donors (Lipinski definition) is 0. The average molecular weight is 402 g/mol. The monoisotopic (exact) mass is 402 g/mol. The maximum absolute atomic E-state index is 12.5. The van der Waals surface area contributed by atoms with Gasteiger partial charge in [-0.3, -0.25) is 4.79 Å². The van der Waals surface area contributed by atoms with Gasteiger partial charge in [-0.05, 0) is 30.5 Å². The van der Waals surface area contributed by atoms with Crippen LogP contribution in [0.1, 0.15) is 28.8 Å². The number of ether oxygens (including phenoxy) is 1. The summed E-state index contributed by atoms with van der Waals surface area (Å²) in [6.07, 6.45) is 0.558. The largest absolute Gasteiger partial charge is 0.445 e. The number of unbranched alkanes of at least 4 members (excludes halogenated alkanes) is 1. The number of nitrogens with zero attached hydrogens (tertiary/aromatic N) is 2. The Bertz CT molecular complexity index is 960. The summed E-state index contributed by atoms with van der Waals surface area (Å²) in [4.78, 5) is 25.8. The molecule has 0 radical (unpaired) electrons. The first-order valence-electron chi connectivity index (χ1n) is 8.99. The van der Waals surface area contributed by atoms with E-state index in [9.17, 15) is 18.0 Å². The highest BCUT2D eigenvalue weighted by molar-refractivity contribution is 7.90. The Morgan fingerprint density at radius 1 is 1.04 bits per heavy atom. The third-order valence-corrected chi connectivity index (χ3v) is 6.37. The summed E-state index contributed by atoms with van der Waals surface area (Å²) in [5, 5.41) is 0. The number of benzene rings is 2. The zero-order valence-electron chi connectivity index (χ0n) is 15.6. The quantitative estimate of drug-likeness (QED) is 0.665. The molecule has 1 aliphatic heterocycles. The SMILES string of the molecule is CN(CCCCN1C(=O)c2ccccc2S1(=O)=O)C(=O)OCc1ccccc1. The summed E-state index contributed by atoms with van der Waals surface area (Å²) in [6.45, 7) is 0.689. The van der Waals surface area contributed by atoms with Gasteiger partial charge in [-0.15, -0.1) is 0 Å². The predicted molar refractivity (Wildman–Crippen MR) is 103 cm³/mol. The number of carbonyl (C=O) groups is 2. The molecule has 1 aliphatic rings. The van der Waals surface area contributed by atoms with Crippen LogP contribution in [-0.2, 0) is 21.4 Å². The van der Waals surface area contributed by atoms with Crippen LogP contribution in [0.5, 0.6) is 0 Å². The lowest BCUT2D eigenvalue weighted by molar-refractivity contribution is 0.0865. The zero-order valence-corrected chi connectivity index (χ0v) is 16.4. The van der Waals surface area contributed by atoms with E-state index in [0.29, 0.717) is 19.4 Å². The summed E-state index contributed by atoms with van der Waals surface area (Å²) in [5.74, 6) is -0.494. The number of fused-ring (bicyclic) bond motifs is 1. The van der Waals surface area contributed by atoms with E-state index in [0.717, 1.165) is 9.87 Å². The topological polar surface area (TPSA) is 84.0 Å². The number of sulfonamides is 1. The highest BCUT2D eigenvalue weighted by Crippen LogP contribution is 2.29. The summed E-state index contributed by atoms with van der Waals surface area (Å²) in [5.41, 5.74) is 1.12. The van der Waals surface area contributed by atoms with Crippen LogP contribution >= 0.6 is 0 Å². The fraction of sp³-hybridized carbons (Fsp3) is 0.300. The van der Waals surface area contributed by atoms with Crippen molar-refractivity contribution in [1.82, 2.24) is 9.21 Å². The van der Waals surface area contributed by atoms with E-state index in [1.807, 2.05) is 30.3 Å². The number of hydrogen-bond acceptors (Lipinski definition) is 5. The van der Waals surface area contributed by atoms with Crippen molar-refractivity contribution in [1.29, 1.82) is 0 Å². The first-order chi connectivity index (χ1) is 13.4. The third kappa shape index (κ3) is 4.17. The van der Waals surface area contributed by atoms with Crippen molar-refractivity contribution in [3.63, 3.8) is 0 Å². The Kier molecular flexibility index (Phi) is 5.99. The van der Waals surface area contributed by atoms with Gasteiger partial charge in [0.05, 0.1) is 5.56 Å². The molecule has 0 saturated carbocycles. The van der Waals surface area contributed by atoms with Crippen molar-refractivity contribution < 1.29 is 22.7 Å². The molecule has 0 atom stereocenters. The minimum Gasteiger partial charge on any atom is -0.445 e. The van der Waals surface area contributed by atoms with Crippen LogP contribution in [-0.4, -0.2) is 49.8 Å². The molecule has 3 rings (SSSR count). The molecule has 8 heteroatoms. The van der Waals surface area contributed by atoms with Crippen molar-refractivity contribution in [3.8, 4) is 0 Å². The predicted octanol–water partition coefficient (Wildman–Crippen LogP) is 2.88. The molecule has 0 unspecified atom stereocenters. The van der Waals surface area contributed by atoms with Gasteiger partial charge in [0.2, 0.25) is 0 Å². The van der Waals surface area contributed by atoms with Gasteiger partial charge in [-0.1, -0.05) is 42.5 Å². The van der Waals surface area contributed by atoms with Crippen LogP contribution in [0.2, 0.25) is 0 Å². The van der Waals surface area contributed by atoms with Gasteiger partial charge in [-0.25, -0.2) is 17.5 Å². The zero-order chi connectivity index (χ0) is 20.1. The van der Waals surface area contributed by atoms with Crippen molar-refractivity contribution in [2.24, 2.45) is 0 Å². The Morgan fingerprint density at radius 3 is 2.43 bits per heavy atom. The van der Waals surface area contributed by atoms with Crippen LogP contribution in [0.3, 0.4) is 0 Å². The molecule has 2 aromatic carbocycles. The molecule has 28 heavy (non-hydrogen) atoms. The minimum atomic E-state index is -3.77. The first-order valence-corrected chi connectivity index (χ1v) is 10.4. The molecule has 0 fully saturated rings. The molecule has 0 N–H and O–H groups in total. The Hall–Kier alpha value is -2.87. The average Bonchev–Trinajstić information content (AvgIpc) is 2.90. The molecular formula is C20H22N2O5S. The fourth-order valence-corrected chi connectivity index (χ4v) is 4.58. The maximum Gasteiger partial charge on any atom is 0.409 e. The number of amides is 2. The van der Waals surface area contributed by atoms with Crippen molar-refractivity contribution >= 4 is 22.0 Å². The molecule has 0 bridgehead atoms. The molecule has 0 saturated heterocycles. The van der Waals surface area contributed by atoms with Gasteiger partial charge in [-0.2, -0.15) is 0 Å². The second-order valence-electron chi connectivity index (χ2n) is 6.55. The van der Waals surface area contributed by atoms with Crippen molar-refractivity contribution in [3.05, 3.63) is 65.7 Å². The Labute approximate surface area is 164 Å². The van der Waals surface area contributed by atoms with Crippen LogP contribution in [0.15, 0.2) is 59.5 Å². The van der Waals surface area contributed by atoms with E-state index in [-0.39, 0.29) is 23.6 Å². The normalized spacial score (nSPS) is 14.6.